The molecule has 1 N–H and O–H groups in total. The van der Waals surface area contributed by atoms with E-state index in [4.69, 9.17) is 9.47 Å². The predicted octanol–water partition coefficient (Wildman–Crippen LogP) is 3.97. The Hall–Kier alpha value is -1.73. The van der Waals surface area contributed by atoms with Crippen LogP contribution in [-0.4, -0.2) is 21.1 Å². The summed E-state index contributed by atoms with van der Waals surface area (Å²) in [4.78, 5) is 0.183. The molecule has 2 aromatic rings. The molecule has 1 unspecified atom stereocenters. The highest BCUT2D eigenvalue weighted by atomic mass is 79.9. The van der Waals surface area contributed by atoms with Gasteiger partial charge in [-0.25, -0.2) is 8.42 Å². The van der Waals surface area contributed by atoms with Crippen molar-refractivity contribution in [2.24, 2.45) is 0 Å². The van der Waals surface area contributed by atoms with Crippen molar-refractivity contribution in [3.8, 4) is 11.5 Å². The fraction of sp³-hybridized carbons (Fsp3) is 0.294. The van der Waals surface area contributed by atoms with Crippen molar-refractivity contribution in [2.45, 2.75) is 31.3 Å². The maximum absolute atomic E-state index is 12.6. The summed E-state index contributed by atoms with van der Waals surface area (Å²) in [5, 5.41) is 0. The van der Waals surface area contributed by atoms with E-state index in [1.54, 1.807) is 30.3 Å². The molecule has 5 nitrogen and oxygen atoms in total. The minimum Gasteiger partial charge on any atom is -0.492 e. The number of fused-ring (bicyclic) bond motifs is 1. The first-order chi connectivity index (χ1) is 11.4. The van der Waals surface area contributed by atoms with Gasteiger partial charge in [-0.1, -0.05) is 15.9 Å². The number of hydrogen-bond donors (Lipinski definition) is 1. The Morgan fingerprint density at radius 3 is 2.67 bits per heavy atom. The summed E-state index contributed by atoms with van der Waals surface area (Å²) in [5.74, 6) is 1.20. The van der Waals surface area contributed by atoms with Crippen LogP contribution in [0.2, 0.25) is 0 Å². The van der Waals surface area contributed by atoms with Crippen LogP contribution < -0.4 is 14.2 Å². The number of ether oxygens (including phenoxy) is 2. The van der Waals surface area contributed by atoms with Gasteiger partial charge in [0.25, 0.3) is 10.0 Å². The second kappa shape index (κ2) is 6.64. The molecule has 0 aliphatic carbocycles. The third kappa shape index (κ3) is 3.52. The van der Waals surface area contributed by atoms with Crippen molar-refractivity contribution in [3.05, 3.63) is 46.4 Å². The molecule has 7 heteroatoms. The molecule has 1 aliphatic heterocycles. The zero-order valence-electron chi connectivity index (χ0n) is 13.4. The molecule has 0 amide bonds. The van der Waals surface area contributed by atoms with E-state index in [1.165, 1.54) is 0 Å². The molecule has 128 valence electrons. The highest BCUT2D eigenvalue weighted by Gasteiger charge is 2.24. The summed E-state index contributed by atoms with van der Waals surface area (Å²) in [5.41, 5.74) is 1.41. The maximum atomic E-state index is 12.6. The summed E-state index contributed by atoms with van der Waals surface area (Å²) in [6.07, 6.45) is 0.864. The fourth-order valence-corrected chi connectivity index (χ4v) is 3.94. The average molecular weight is 412 g/mol. The quantitative estimate of drug-likeness (QED) is 0.807. The minimum absolute atomic E-state index is 0.0767. The monoisotopic (exact) mass is 411 g/mol. The lowest BCUT2D eigenvalue weighted by Gasteiger charge is -2.14. The normalized spacial score (nSPS) is 16.4. The third-order valence-electron chi connectivity index (χ3n) is 3.67. The Labute approximate surface area is 150 Å². The first kappa shape index (κ1) is 17.1. The van der Waals surface area contributed by atoms with Gasteiger partial charge in [-0.3, -0.25) is 4.72 Å². The molecule has 1 atom stereocenters. The largest absolute Gasteiger partial charge is 0.492 e. The molecule has 0 fully saturated rings. The van der Waals surface area contributed by atoms with Gasteiger partial charge >= 0.3 is 0 Å². The van der Waals surface area contributed by atoms with Crippen LogP contribution in [0.4, 0.5) is 5.69 Å². The summed E-state index contributed by atoms with van der Waals surface area (Å²) in [6.45, 7) is 4.29. The zero-order valence-corrected chi connectivity index (χ0v) is 15.8. The lowest BCUT2D eigenvalue weighted by Crippen LogP contribution is -2.14. The number of hydrogen-bond acceptors (Lipinski definition) is 4. The van der Waals surface area contributed by atoms with Crippen LogP contribution in [-0.2, 0) is 16.4 Å². The zero-order chi connectivity index (χ0) is 17.3. The van der Waals surface area contributed by atoms with Crippen molar-refractivity contribution in [1.82, 2.24) is 0 Å². The van der Waals surface area contributed by atoms with E-state index >= 15 is 0 Å². The van der Waals surface area contributed by atoms with Gasteiger partial charge in [0.15, 0.2) is 0 Å². The van der Waals surface area contributed by atoms with E-state index in [2.05, 4.69) is 20.7 Å². The Morgan fingerprint density at radius 2 is 2.00 bits per heavy atom. The SMILES string of the molecule is CCOc1cc2c(cc1NS(=O)(=O)c1ccc(Br)cc1)OC(C)C2. The predicted molar refractivity (Wildman–Crippen MR) is 96.4 cm³/mol. The van der Waals surface area contributed by atoms with E-state index in [1.807, 2.05) is 19.9 Å². The van der Waals surface area contributed by atoms with Crippen LogP contribution >= 0.6 is 15.9 Å². The smallest absolute Gasteiger partial charge is 0.262 e. The van der Waals surface area contributed by atoms with Crippen LogP contribution in [0, 0.1) is 0 Å². The van der Waals surface area contributed by atoms with Gasteiger partial charge < -0.3 is 9.47 Å². The van der Waals surface area contributed by atoms with E-state index in [0.29, 0.717) is 23.8 Å². The average Bonchev–Trinajstić information content (AvgIpc) is 2.87. The lowest BCUT2D eigenvalue weighted by molar-refractivity contribution is 0.254. The van der Waals surface area contributed by atoms with Crippen LogP contribution in [0.15, 0.2) is 45.8 Å². The number of rotatable bonds is 5. The van der Waals surface area contributed by atoms with E-state index in [9.17, 15) is 8.42 Å². The molecular weight excluding hydrogens is 394 g/mol. The minimum atomic E-state index is -3.71. The first-order valence-corrected chi connectivity index (χ1v) is 9.91. The van der Waals surface area contributed by atoms with E-state index in [-0.39, 0.29) is 11.0 Å². The number of nitrogens with one attached hydrogen (secondary N) is 1. The number of halogens is 1. The molecule has 1 heterocycles. The highest BCUT2D eigenvalue weighted by Crippen LogP contribution is 2.38. The summed E-state index contributed by atoms with van der Waals surface area (Å²) >= 11 is 3.30. The molecule has 0 saturated heterocycles. The van der Waals surface area contributed by atoms with Crippen LogP contribution in [0.1, 0.15) is 19.4 Å². The number of anilines is 1. The van der Waals surface area contributed by atoms with E-state index < -0.39 is 10.0 Å². The molecule has 1 aliphatic rings. The van der Waals surface area contributed by atoms with Crippen molar-refractivity contribution in [2.75, 3.05) is 11.3 Å². The molecule has 0 bridgehead atoms. The lowest BCUT2D eigenvalue weighted by atomic mass is 10.1. The third-order valence-corrected chi connectivity index (χ3v) is 5.58. The van der Waals surface area contributed by atoms with Crippen molar-refractivity contribution in [1.29, 1.82) is 0 Å². The van der Waals surface area contributed by atoms with Gasteiger partial charge in [-0.05, 0) is 44.2 Å². The standard InChI is InChI=1S/C17H18BrNO4S/c1-3-22-17-9-12-8-11(2)23-16(12)10-15(17)19-24(20,21)14-6-4-13(18)5-7-14/h4-7,9-11,19H,3,8H2,1-2H3. The van der Waals surface area contributed by atoms with Gasteiger partial charge in [-0.15, -0.1) is 0 Å². The van der Waals surface area contributed by atoms with Gasteiger partial charge in [-0.2, -0.15) is 0 Å². The molecule has 0 radical (unpaired) electrons. The molecule has 0 aromatic heterocycles. The van der Waals surface area contributed by atoms with Crippen molar-refractivity contribution in [3.63, 3.8) is 0 Å². The van der Waals surface area contributed by atoms with Gasteiger partial charge in [0.2, 0.25) is 0 Å². The molecule has 3 rings (SSSR count). The Bertz CT molecular complexity index is 850. The number of sulfonamides is 1. The van der Waals surface area contributed by atoms with Crippen LogP contribution in [0.5, 0.6) is 11.5 Å². The van der Waals surface area contributed by atoms with Gasteiger partial charge in [0.1, 0.15) is 17.6 Å². The maximum Gasteiger partial charge on any atom is 0.262 e. The van der Waals surface area contributed by atoms with Crippen molar-refractivity contribution < 1.29 is 17.9 Å². The first-order valence-electron chi connectivity index (χ1n) is 7.64. The molecular formula is C17H18BrNO4S. The summed E-state index contributed by atoms with van der Waals surface area (Å²) in [6, 6.07) is 10.00. The second-order valence-electron chi connectivity index (χ2n) is 5.58. The number of benzene rings is 2. The second-order valence-corrected chi connectivity index (χ2v) is 8.18. The molecule has 0 spiro atoms. The topological polar surface area (TPSA) is 64.6 Å². The molecule has 2 aromatic carbocycles. The van der Waals surface area contributed by atoms with Crippen LogP contribution in [0.25, 0.3) is 0 Å². The Morgan fingerprint density at radius 1 is 1.29 bits per heavy atom. The highest BCUT2D eigenvalue weighted by molar-refractivity contribution is 9.10. The van der Waals surface area contributed by atoms with Gasteiger partial charge in [0.05, 0.1) is 17.2 Å². The molecule has 24 heavy (non-hydrogen) atoms. The molecule has 0 saturated carbocycles. The fourth-order valence-electron chi connectivity index (χ4n) is 2.61. The summed E-state index contributed by atoms with van der Waals surface area (Å²) in [7, 11) is -3.71. The Kier molecular flexibility index (Phi) is 4.73. The van der Waals surface area contributed by atoms with Gasteiger partial charge in [0, 0.05) is 22.5 Å². The summed E-state index contributed by atoms with van der Waals surface area (Å²) < 4.78 is 40.0. The van der Waals surface area contributed by atoms with Crippen LogP contribution in [0.3, 0.4) is 0 Å². The van der Waals surface area contributed by atoms with E-state index in [0.717, 1.165) is 16.5 Å². The Balaban J connectivity index is 1.96. The van der Waals surface area contributed by atoms with Crippen molar-refractivity contribution >= 4 is 31.6 Å².